The number of hydrogen-bond acceptors (Lipinski definition) is 0. The van der Waals surface area contributed by atoms with Crippen LogP contribution in [0.25, 0.3) is 11.1 Å². The Morgan fingerprint density at radius 1 is 0.656 bits per heavy atom. The summed E-state index contributed by atoms with van der Waals surface area (Å²) in [6.45, 7) is 9.56. The molecule has 32 heavy (non-hydrogen) atoms. The van der Waals surface area contributed by atoms with Gasteiger partial charge in [0.1, 0.15) is 0 Å². The van der Waals surface area contributed by atoms with Gasteiger partial charge in [0.15, 0.2) is 0 Å². The minimum absolute atomic E-state index is 0.724. The summed E-state index contributed by atoms with van der Waals surface area (Å²) in [6, 6.07) is 19.0. The van der Waals surface area contributed by atoms with Crippen LogP contribution in [-0.2, 0) is 17.7 Å². The van der Waals surface area contributed by atoms with Gasteiger partial charge in [-0.3, -0.25) is 0 Å². The Bertz CT molecular complexity index is 996. The van der Waals surface area contributed by atoms with Crippen molar-refractivity contribution < 1.29 is 17.7 Å². The van der Waals surface area contributed by atoms with Crippen LogP contribution in [0.3, 0.4) is 0 Å². The predicted molar refractivity (Wildman–Crippen MR) is 144 cm³/mol. The van der Waals surface area contributed by atoms with Crippen molar-refractivity contribution in [1.29, 1.82) is 0 Å². The molecule has 0 fully saturated rings. The molecule has 0 saturated heterocycles. The molecular weight excluding hydrogens is 567 g/mol. The molecule has 2 atom stereocenters. The Hall–Kier alpha value is -0.993. The molecule has 0 radical (unpaired) electrons. The summed E-state index contributed by atoms with van der Waals surface area (Å²) >= 11 is -3.44. The summed E-state index contributed by atoms with van der Waals surface area (Å²) in [7, 11) is 1.36. The molecule has 2 aliphatic rings. The number of fused-ring (bicyclic) bond motifs is 2. The second-order valence-corrected chi connectivity index (χ2v) is 66.0. The van der Waals surface area contributed by atoms with Crippen LogP contribution in [0.5, 0.6) is 0 Å². The van der Waals surface area contributed by atoms with Crippen molar-refractivity contribution >= 4 is 18.6 Å². The van der Waals surface area contributed by atoms with Gasteiger partial charge in [0.2, 0.25) is 0 Å². The van der Waals surface area contributed by atoms with Crippen LogP contribution in [0.2, 0.25) is 9.36 Å². The van der Waals surface area contributed by atoms with Crippen molar-refractivity contribution in [2.45, 2.75) is 82.9 Å². The van der Waals surface area contributed by atoms with E-state index in [1.54, 1.807) is 33.4 Å². The molecule has 2 aromatic rings. The van der Waals surface area contributed by atoms with Crippen molar-refractivity contribution in [1.82, 2.24) is 0 Å². The maximum atomic E-state index is 2.86. The van der Waals surface area contributed by atoms with Gasteiger partial charge in [-0.25, -0.2) is 0 Å². The molecule has 0 spiro atoms. The molecule has 2 unspecified atom stereocenters. The van der Waals surface area contributed by atoms with E-state index in [0.29, 0.717) is 0 Å². The van der Waals surface area contributed by atoms with E-state index in [2.05, 4.69) is 85.6 Å². The van der Waals surface area contributed by atoms with Gasteiger partial charge in [-0.15, -0.1) is 0 Å². The average Bonchev–Trinajstić information content (AvgIpc) is 3.28. The molecule has 2 aliphatic carbocycles. The van der Waals surface area contributed by atoms with Gasteiger partial charge < -0.3 is 0 Å². The van der Waals surface area contributed by atoms with E-state index >= 15 is 0 Å². The first-order valence-electron chi connectivity index (χ1n) is 13.1. The van der Waals surface area contributed by atoms with Gasteiger partial charge in [-0.1, -0.05) is 0 Å². The zero-order valence-electron chi connectivity index (χ0n) is 21.5. The van der Waals surface area contributed by atoms with Crippen LogP contribution in [-0.4, -0.2) is 7.43 Å². The molecule has 2 heteroatoms. The Kier molecular flexibility index (Phi) is 6.78. The standard InChI is InChI=1S/2C14H17.2CH3.Hf.H3Si/c2*1-3-7-13-11(4-2)10-12-8-5-6-9-14(12)13;;;;/h2*5-6,8-10H,3-4,7H2,1-2H3;2*1H3;;1H3. The Morgan fingerprint density at radius 3 is 1.38 bits per heavy atom. The van der Waals surface area contributed by atoms with Crippen molar-refractivity contribution in [3.05, 3.63) is 81.9 Å². The third-order valence-corrected chi connectivity index (χ3v) is 37.5. The van der Waals surface area contributed by atoms with Gasteiger partial charge in [0, 0.05) is 0 Å². The molecule has 171 valence electrons. The van der Waals surface area contributed by atoms with Crippen molar-refractivity contribution in [3.63, 3.8) is 0 Å². The summed E-state index contributed by atoms with van der Waals surface area (Å²) in [5.41, 5.74) is 13.6. The van der Waals surface area contributed by atoms with Crippen molar-refractivity contribution in [2.75, 3.05) is 0 Å². The van der Waals surface area contributed by atoms with E-state index in [0.717, 1.165) is 7.35 Å². The van der Waals surface area contributed by atoms with E-state index < -0.39 is 17.7 Å². The second-order valence-electron chi connectivity index (χ2n) is 11.7. The van der Waals surface area contributed by atoms with E-state index in [9.17, 15) is 0 Å². The minimum atomic E-state index is -3.44. The fourth-order valence-electron chi connectivity index (χ4n) is 7.57. The van der Waals surface area contributed by atoms with E-state index in [4.69, 9.17) is 0 Å². The second kappa shape index (κ2) is 8.99. The fourth-order valence-corrected chi connectivity index (χ4v) is 41.0. The molecule has 0 aliphatic heterocycles. The zero-order valence-corrected chi connectivity index (χ0v) is 27.1. The summed E-state index contributed by atoms with van der Waals surface area (Å²) in [6.07, 6.45) is 7.40. The SMILES string of the molecule is CCCC1=C(CC)[CH]([Hf]([CH3])([CH3])([SiH3])[CH]2C(CC)=C(CCC)c3ccccc32)c2ccccc21. The van der Waals surface area contributed by atoms with E-state index in [1.165, 1.54) is 46.0 Å². The fraction of sp³-hybridized carbons (Fsp3) is 0.467. The van der Waals surface area contributed by atoms with Crippen molar-refractivity contribution in [3.8, 4) is 0 Å². The third-order valence-electron chi connectivity index (χ3n) is 8.49. The maximum absolute atomic E-state index is 3.44. The van der Waals surface area contributed by atoms with Crippen molar-refractivity contribution in [2.24, 2.45) is 0 Å². The number of hydrogen-bond donors (Lipinski definition) is 0. The van der Waals surface area contributed by atoms with Gasteiger partial charge >= 0.3 is 201 Å². The third kappa shape index (κ3) is 3.65. The van der Waals surface area contributed by atoms with Crippen LogP contribution in [0.1, 0.15) is 95.8 Å². The monoisotopic (exact) mass is 611 g/mol. The Balaban J connectivity index is 1.99. The van der Waals surface area contributed by atoms with E-state index in [-0.39, 0.29) is 0 Å². The van der Waals surface area contributed by atoms with Gasteiger partial charge in [0.25, 0.3) is 0 Å². The predicted octanol–water partition coefficient (Wildman–Crippen LogP) is 8.49. The summed E-state index contributed by atoms with van der Waals surface area (Å²) in [5, 5.41) is 0. The zero-order chi connectivity index (χ0) is 23.1. The molecule has 0 bridgehead atoms. The topological polar surface area (TPSA) is 0 Å². The molecule has 0 N–H and O–H groups in total. The van der Waals surface area contributed by atoms with Crippen LogP contribution < -0.4 is 0 Å². The van der Waals surface area contributed by atoms with Gasteiger partial charge in [-0.2, -0.15) is 0 Å². The van der Waals surface area contributed by atoms with Crippen LogP contribution >= 0.6 is 0 Å². The van der Waals surface area contributed by atoms with Crippen LogP contribution in [0.4, 0.5) is 0 Å². The first-order valence-corrected chi connectivity index (χ1v) is 36.2. The molecular formula is C30H43HfSi. The Labute approximate surface area is 200 Å². The molecule has 0 aromatic heterocycles. The first kappa shape index (κ1) is 24.1. The first-order chi connectivity index (χ1) is 15.3. The molecule has 2 aromatic carbocycles. The van der Waals surface area contributed by atoms with Crippen LogP contribution in [0.15, 0.2) is 59.7 Å². The molecule has 0 saturated carbocycles. The Morgan fingerprint density at radius 2 is 1.03 bits per heavy atom. The molecule has 0 heterocycles. The summed E-state index contributed by atoms with van der Waals surface area (Å²) in [5.74, 6) is 0. The number of benzene rings is 2. The molecule has 4 rings (SSSR count). The summed E-state index contributed by atoms with van der Waals surface area (Å²) < 4.78 is 7.17. The number of rotatable bonds is 8. The quantitative estimate of drug-likeness (QED) is 0.263. The van der Waals surface area contributed by atoms with Gasteiger partial charge in [-0.05, 0) is 0 Å². The van der Waals surface area contributed by atoms with E-state index in [1.807, 2.05) is 11.1 Å². The van der Waals surface area contributed by atoms with Gasteiger partial charge in [0.05, 0.1) is 0 Å². The average molecular weight is 610 g/mol. The molecule has 0 nitrogen and oxygen atoms in total. The van der Waals surface area contributed by atoms with Crippen LogP contribution in [0, 0.1) is 0 Å². The number of allylic oxidation sites excluding steroid dienone is 4. The summed E-state index contributed by atoms with van der Waals surface area (Å²) in [4.78, 5) is 0. The molecule has 0 amide bonds. The normalized spacial score (nSPS) is 21.6.